The number of amides is 1. The Morgan fingerprint density at radius 2 is 2.16 bits per heavy atom. The van der Waals surface area contributed by atoms with Crippen LogP contribution in [0.4, 0.5) is 4.39 Å². The van der Waals surface area contributed by atoms with Gasteiger partial charge in [-0.2, -0.15) is 0 Å². The Labute approximate surface area is 153 Å². The highest BCUT2D eigenvalue weighted by atomic mass is 35.5. The van der Waals surface area contributed by atoms with Gasteiger partial charge in [-0.15, -0.1) is 0 Å². The van der Waals surface area contributed by atoms with Crippen molar-refractivity contribution in [3.05, 3.63) is 34.6 Å². The zero-order chi connectivity index (χ0) is 17.8. The van der Waals surface area contributed by atoms with E-state index in [9.17, 15) is 9.18 Å². The number of hydrogen-bond acceptors (Lipinski definition) is 3. The summed E-state index contributed by atoms with van der Waals surface area (Å²) in [6.07, 6.45) is 5.81. The normalized spacial score (nSPS) is 27.4. The molecule has 0 bridgehead atoms. The fourth-order valence-corrected chi connectivity index (χ4v) is 4.28. The molecule has 1 aliphatic heterocycles. The number of hydrogen-bond donors (Lipinski definition) is 2. The summed E-state index contributed by atoms with van der Waals surface area (Å²) in [6.45, 7) is 2.45. The van der Waals surface area contributed by atoms with Crippen molar-refractivity contribution in [3.63, 3.8) is 0 Å². The molecule has 1 aliphatic carbocycles. The zero-order valence-corrected chi connectivity index (χ0v) is 15.3. The second-order valence-electron chi connectivity index (χ2n) is 7.44. The minimum Gasteiger partial charge on any atom is -0.352 e. The first-order chi connectivity index (χ1) is 12.0. The van der Waals surface area contributed by atoms with Crippen molar-refractivity contribution < 1.29 is 9.18 Å². The number of rotatable bonds is 5. The molecule has 1 heterocycles. The lowest BCUT2D eigenvalue weighted by molar-refractivity contribution is -0.123. The first-order valence-electron chi connectivity index (χ1n) is 9.22. The fourth-order valence-electron chi connectivity index (χ4n) is 4.05. The average molecular weight is 368 g/mol. The molecule has 4 nitrogen and oxygen atoms in total. The predicted octanol–water partition coefficient (Wildman–Crippen LogP) is 3.08. The van der Waals surface area contributed by atoms with E-state index in [1.807, 2.05) is 0 Å². The second-order valence-corrected chi connectivity index (χ2v) is 7.84. The summed E-state index contributed by atoms with van der Waals surface area (Å²) >= 11 is 6.13. The number of carbonyl (C=O) groups is 1. The third-order valence-corrected chi connectivity index (χ3v) is 5.80. The third-order valence-electron chi connectivity index (χ3n) is 5.45. The third kappa shape index (κ3) is 5.16. The maximum absolute atomic E-state index is 13.2. The maximum Gasteiger partial charge on any atom is 0.220 e. The number of carbonyl (C=O) groups excluding carboxylic acids is 1. The molecule has 1 aromatic carbocycles. The number of likely N-dealkylation sites (tertiary alicyclic amines) is 1. The van der Waals surface area contributed by atoms with Crippen molar-refractivity contribution in [2.24, 2.45) is 11.7 Å². The Morgan fingerprint density at radius 1 is 1.32 bits per heavy atom. The molecule has 1 saturated carbocycles. The molecule has 6 heteroatoms. The summed E-state index contributed by atoms with van der Waals surface area (Å²) in [4.78, 5) is 14.6. The van der Waals surface area contributed by atoms with E-state index in [4.69, 9.17) is 17.3 Å². The molecule has 2 fully saturated rings. The molecule has 1 amide bonds. The van der Waals surface area contributed by atoms with Crippen LogP contribution in [0.2, 0.25) is 5.02 Å². The average Bonchev–Trinajstić information content (AvgIpc) is 2.95. The van der Waals surface area contributed by atoms with Gasteiger partial charge in [0, 0.05) is 36.6 Å². The van der Waals surface area contributed by atoms with E-state index >= 15 is 0 Å². The molecule has 25 heavy (non-hydrogen) atoms. The van der Waals surface area contributed by atoms with E-state index in [0.717, 1.165) is 50.8 Å². The first kappa shape index (κ1) is 18.6. The van der Waals surface area contributed by atoms with Gasteiger partial charge in [0.05, 0.1) is 0 Å². The zero-order valence-electron chi connectivity index (χ0n) is 14.5. The minimum atomic E-state index is -0.317. The lowest BCUT2D eigenvalue weighted by atomic mass is 9.99. The molecular formula is C19H27ClFN3O. The van der Waals surface area contributed by atoms with Crippen LogP contribution in [-0.2, 0) is 11.3 Å². The lowest BCUT2D eigenvalue weighted by Gasteiger charge is -2.33. The van der Waals surface area contributed by atoms with E-state index in [2.05, 4.69) is 10.2 Å². The number of piperidine rings is 1. The van der Waals surface area contributed by atoms with Crippen LogP contribution in [-0.4, -0.2) is 36.0 Å². The van der Waals surface area contributed by atoms with Crippen molar-refractivity contribution in [2.75, 3.05) is 13.1 Å². The Bertz CT molecular complexity index is 612. The number of halogens is 2. The minimum absolute atomic E-state index is 0.119. The fraction of sp³-hybridized carbons (Fsp3) is 0.632. The summed E-state index contributed by atoms with van der Waals surface area (Å²) in [5, 5.41) is 3.64. The number of nitrogens with zero attached hydrogens (tertiary/aromatic N) is 1. The number of nitrogens with two attached hydrogens (primary N) is 1. The Hall–Kier alpha value is -1.17. The molecule has 1 saturated heterocycles. The highest BCUT2D eigenvalue weighted by molar-refractivity contribution is 6.31. The first-order valence-corrected chi connectivity index (χ1v) is 9.60. The topological polar surface area (TPSA) is 58.4 Å². The smallest absolute Gasteiger partial charge is 0.220 e. The van der Waals surface area contributed by atoms with Crippen LogP contribution in [0.3, 0.4) is 0 Å². The van der Waals surface area contributed by atoms with Crippen LogP contribution in [0.25, 0.3) is 0 Å². The van der Waals surface area contributed by atoms with Gasteiger partial charge in [-0.05, 0) is 55.8 Å². The van der Waals surface area contributed by atoms with Crippen molar-refractivity contribution in [1.82, 2.24) is 10.2 Å². The standard InChI is InChI=1S/C19H27ClFN3O/c20-17-10-15(21)7-6-14(17)11-24-8-2-4-16(12-24)23-19(25)9-13-3-1-5-18(13)22/h6-7,10,13,16,18H,1-5,8-9,11-12,22H2,(H,23,25)/t13-,16?,18+/m0/s1. The van der Waals surface area contributed by atoms with Crippen molar-refractivity contribution in [2.45, 2.75) is 57.2 Å². The van der Waals surface area contributed by atoms with Gasteiger partial charge in [-0.25, -0.2) is 4.39 Å². The molecule has 138 valence electrons. The molecule has 3 N–H and O–H groups in total. The molecular weight excluding hydrogens is 341 g/mol. The van der Waals surface area contributed by atoms with Gasteiger partial charge in [0.25, 0.3) is 0 Å². The van der Waals surface area contributed by atoms with Crippen LogP contribution in [0.1, 0.15) is 44.1 Å². The SMILES string of the molecule is N[C@@H]1CCC[C@H]1CC(=O)NC1CCCN(Cc2ccc(F)cc2Cl)C1. The summed E-state index contributed by atoms with van der Waals surface area (Å²) in [6, 6.07) is 4.87. The molecule has 1 aromatic rings. The van der Waals surface area contributed by atoms with Gasteiger partial charge in [0.15, 0.2) is 0 Å². The number of nitrogens with one attached hydrogen (secondary N) is 1. The molecule has 3 rings (SSSR count). The quantitative estimate of drug-likeness (QED) is 0.840. The van der Waals surface area contributed by atoms with E-state index in [0.29, 0.717) is 23.9 Å². The van der Waals surface area contributed by atoms with Crippen LogP contribution in [0.15, 0.2) is 18.2 Å². The van der Waals surface area contributed by atoms with E-state index in [-0.39, 0.29) is 23.8 Å². The van der Waals surface area contributed by atoms with Crippen molar-refractivity contribution >= 4 is 17.5 Å². The molecule has 3 atom stereocenters. The second kappa shape index (κ2) is 8.47. The molecule has 0 aromatic heterocycles. The lowest BCUT2D eigenvalue weighted by Crippen LogP contribution is -2.48. The summed E-state index contributed by atoms with van der Waals surface area (Å²) < 4.78 is 13.2. The monoisotopic (exact) mass is 367 g/mol. The van der Waals surface area contributed by atoms with Crippen LogP contribution >= 0.6 is 11.6 Å². The van der Waals surface area contributed by atoms with Gasteiger partial charge in [0.2, 0.25) is 5.91 Å². The highest BCUT2D eigenvalue weighted by Crippen LogP contribution is 2.27. The van der Waals surface area contributed by atoms with E-state index in [1.165, 1.54) is 12.1 Å². The van der Waals surface area contributed by atoms with Gasteiger partial charge < -0.3 is 11.1 Å². The molecule has 1 unspecified atom stereocenters. The van der Waals surface area contributed by atoms with Crippen molar-refractivity contribution in [3.8, 4) is 0 Å². The largest absolute Gasteiger partial charge is 0.352 e. The molecule has 2 aliphatic rings. The predicted molar refractivity (Wildman–Crippen MR) is 97.8 cm³/mol. The molecule has 0 spiro atoms. The van der Waals surface area contributed by atoms with Gasteiger partial charge in [-0.3, -0.25) is 9.69 Å². The van der Waals surface area contributed by atoms with Gasteiger partial charge >= 0.3 is 0 Å². The number of benzene rings is 1. The van der Waals surface area contributed by atoms with E-state index in [1.54, 1.807) is 6.07 Å². The van der Waals surface area contributed by atoms with Crippen LogP contribution in [0.5, 0.6) is 0 Å². The Morgan fingerprint density at radius 3 is 2.88 bits per heavy atom. The van der Waals surface area contributed by atoms with Gasteiger partial charge in [0.1, 0.15) is 5.82 Å². The summed E-state index contributed by atoms with van der Waals surface area (Å²) in [5.74, 6) is 0.134. The Kier molecular flexibility index (Phi) is 6.31. The van der Waals surface area contributed by atoms with Crippen LogP contribution < -0.4 is 11.1 Å². The van der Waals surface area contributed by atoms with E-state index < -0.39 is 0 Å². The summed E-state index contributed by atoms with van der Waals surface area (Å²) in [7, 11) is 0. The van der Waals surface area contributed by atoms with Gasteiger partial charge in [-0.1, -0.05) is 24.1 Å². The molecule has 0 radical (unpaired) electrons. The maximum atomic E-state index is 13.2. The Balaban J connectivity index is 1.49. The van der Waals surface area contributed by atoms with Crippen molar-refractivity contribution in [1.29, 1.82) is 0 Å². The highest BCUT2D eigenvalue weighted by Gasteiger charge is 2.28. The summed E-state index contributed by atoms with van der Waals surface area (Å²) in [5.41, 5.74) is 6.99. The van der Waals surface area contributed by atoms with Crippen LogP contribution in [0, 0.1) is 11.7 Å².